The number of benzene rings is 1. The third kappa shape index (κ3) is 3.82. The van der Waals surface area contributed by atoms with Crippen molar-refractivity contribution in [1.29, 1.82) is 0 Å². The molecule has 1 aromatic carbocycles. The largest absolute Gasteiger partial charge is 0.465 e. The van der Waals surface area contributed by atoms with Crippen LogP contribution >= 0.6 is 11.8 Å². The highest BCUT2D eigenvalue weighted by Crippen LogP contribution is 2.29. The summed E-state index contributed by atoms with van der Waals surface area (Å²) in [5.74, 6) is 0.169. The Morgan fingerprint density at radius 1 is 1.14 bits per heavy atom. The molecule has 2 aromatic rings. The highest BCUT2D eigenvalue weighted by atomic mass is 32.2. The molecule has 22 heavy (non-hydrogen) atoms. The normalized spacial score (nSPS) is 10.6. The summed E-state index contributed by atoms with van der Waals surface area (Å²) in [5.41, 5.74) is 1.39. The number of carbonyl (C=O) groups is 2. The lowest BCUT2D eigenvalue weighted by Gasteiger charge is -2.04. The van der Waals surface area contributed by atoms with E-state index in [1.807, 2.05) is 18.2 Å². The van der Waals surface area contributed by atoms with Crippen molar-refractivity contribution < 1.29 is 23.5 Å². The molecule has 0 aliphatic rings. The van der Waals surface area contributed by atoms with Gasteiger partial charge in [-0.3, -0.25) is 4.79 Å². The summed E-state index contributed by atoms with van der Waals surface area (Å²) in [7, 11) is 0. The molecule has 0 fully saturated rings. The predicted octanol–water partition coefficient (Wildman–Crippen LogP) is 3.41. The van der Waals surface area contributed by atoms with Gasteiger partial charge >= 0.3 is 11.9 Å². The molecular weight excluding hydrogens is 304 g/mol. The van der Waals surface area contributed by atoms with Gasteiger partial charge in [-0.1, -0.05) is 18.2 Å². The number of para-hydroxylation sites is 1. The number of hydrogen-bond acceptors (Lipinski definition) is 6. The van der Waals surface area contributed by atoms with Crippen LogP contribution in [0.2, 0.25) is 0 Å². The summed E-state index contributed by atoms with van der Waals surface area (Å²) < 4.78 is 15.5. The summed E-state index contributed by atoms with van der Waals surface area (Å²) in [6.07, 6.45) is 0. The van der Waals surface area contributed by atoms with Crippen LogP contribution in [-0.2, 0) is 20.0 Å². The second-order valence-corrected chi connectivity index (χ2v) is 5.41. The third-order valence-corrected chi connectivity index (χ3v) is 3.86. The van der Waals surface area contributed by atoms with Gasteiger partial charge in [0.25, 0.3) is 0 Å². The van der Waals surface area contributed by atoms with Crippen molar-refractivity contribution in [2.75, 3.05) is 19.0 Å². The van der Waals surface area contributed by atoms with Crippen molar-refractivity contribution in [3.05, 3.63) is 35.6 Å². The third-order valence-electron chi connectivity index (χ3n) is 2.93. The second kappa shape index (κ2) is 7.89. The molecule has 0 spiro atoms. The van der Waals surface area contributed by atoms with E-state index in [0.717, 1.165) is 10.9 Å². The van der Waals surface area contributed by atoms with Crippen molar-refractivity contribution in [1.82, 2.24) is 0 Å². The molecule has 0 aliphatic heterocycles. The minimum atomic E-state index is -0.481. The molecule has 0 N–H and O–H groups in total. The number of ether oxygens (including phenoxy) is 2. The fraction of sp³-hybridized carbons (Fsp3) is 0.375. The lowest BCUT2D eigenvalue weighted by molar-refractivity contribution is -0.139. The molecule has 0 bridgehead atoms. The first-order chi connectivity index (χ1) is 10.7. The maximum absolute atomic E-state index is 12.0. The maximum atomic E-state index is 12.0. The lowest BCUT2D eigenvalue weighted by Crippen LogP contribution is -2.08. The van der Waals surface area contributed by atoms with Gasteiger partial charge in [0.15, 0.2) is 0 Å². The Labute approximate surface area is 133 Å². The van der Waals surface area contributed by atoms with E-state index in [0.29, 0.717) is 17.9 Å². The summed E-state index contributed by atoms with van der Waals surface area (Å²) in [4.78, 5) is 23.4. The lowest BCUT2D eigenvalue weighted by atomic mass is 10.1. The number of fused-ring (bicyclic) bond motifs is 1. The Bertz CT molecular complexity index is 662. The SMILES string of the molecule is CCOC(=O)CSCc1c(C(=O)OCC)oc2ccccc12. The van der Waals surface area contributed by atoms with E-state index in [4.69, 9.17) is 13.9 Å². The summed E-state index contributed by atoms with van der Waals surface area (Å²) >= 11 is 1.38. The molecule has 0 unspecified atom stereocenters. The van der Waals surface area contributed by atoms with E-state index in [2.05, 4.69) is 0 Å². The van der Waals surface area contributed by atoms with Gasteiger partial charge in [-0.2, -0.15) is 0 Å². The second-order valence-electron chi connectivity index (χ2n) is 4.42. The van der Waals surface area contributed by atoms with Crippen molar-refractivity contribution >= 4 is 34.7 Å². The Hall–Kier alpha value is -1.95. The molecule has 6 heteroatoms. The van der Waals surface area contributed by atoms with E-state index in [9.17, 15) is 9.59 Å². The van der Waals surface area contributed by atoms with Gasteiger partial charge in [0.1, 0.15) is 5.58 Å². The molecule has 5 nitrogen and oxygen atoms in total. The van der Waals surface area contributed by atoms with Gasteiger partial charge in [0.2, 0.25) is 5.76 Å². The van der Waals surface area contributed by atoms with Crippen molar-refractivity contribution in [3.8, 4) is 0 Å². The van der Waals surface area contributed by atoms with Gasteiger partial charge in [-0.15, -0.1) is 11.8 Å². The average molecular weight is 322 g/mol. The molecule has 118 valence electrons. The Kier molecular flexibility index (Phi) is 5.89. The molecule has 0 saturated heterocycles. The zero-order chi connectivity index (χ0) is 15.9. The first-order valence-corrected chi connectivity index (χ1v) is 8.23. The minimum absolute atomic E-state index is 0.208. The van der Waals surface area contributed by atoms with E-state index < -0.39 is 5.97 Å². The number of furan rings is 1. The van der Waals surface area contributed by atoms with Gasteiger partial charge < -0.3 is 13.9 Å². The average Bonchev–Trinajstić information content (AvgIpc) is 2.87. The number of hydrogen-bond donors (Lipinski definition) is 0. The zero-order valence-corrected chi connectivity index (χ0v) is 13.4. The van der Waals surface area contributed by atoms with Gasteiger partial charge in [-0.25, -0.2) is 4.79 Å². The Morgan fingerprint density at radius 2 is 1.86 bits per heavy atom. The smallest absolute Gasteiger partial charge is 0.374 e. The van der Waals surface area contributed by atoms with Crippen LogP contribution in [0.25, 0.3) is 11.0 Å². The molecule has 0 atom stereocenters. The van der Waals surface area contributed by atoms with Crippen LogP contribution in [0.5, 0.6) is 0 Å². The minimum Gasteiger partial charge on any atom is -0.465 e. The molecule has 0 amide bonds. The standard InChI is InChI=1S/C16H18O5S/c1-3-19-14(17)10-22-9-12-11-7-5-6-8-13(11)21-15(12)16(18)20-4-2/h5-8H,3-4,9-10H2,1-2H3. The number of rotatable bonds is 7. The van der Waals surface area contributed by atoms with Crippen LogP contribution < -0.4 is 0 Å². The van der Waals surface area contributed by atoms with Crippen molar-refractivity contribution in [3.63, 3.8) is 0 Å². The summed E-state index contributed by atoms with van der Waals surface area (Å²) in [6.45, 7) is 4.16. The molecule has 0 radical (unpaired) electrons. The van der Waals surface area contributed by atoms with E-state index in [-0.39, 0.29) is 24.1 Å². The Balaban J connectivity index is 2.20. The van der Waals surface area contributed by atoms with Gasteiger partial charge in [0.05, 0.1) is 19.0 Å². The van der Waals surface area contributed by atoms with Crippen LogP contribution in [0.1, 0.15) is 30.0 Å². The number of esters is 2. The quantitative estimate of drug-likeness (QED) is 0.728. The first kappa shape index (κ1) is 16.4. The highest BCUT2D eigenvalue weighted by Gasteiger charge is 2.21. The molecular formula is C16H18O5S. The fourth-order valence-corrected chi connectivity index (χ4v) is 2.89. The van der Waals surface area contributed by atoms with E-state index in [1.54, 1.807) is 19.9 Å². The first-order valence-electron chi connectivity index (χ1n) is 7.08. The van der Waals surface area contributed by atoms with Gasteiger partial charge in [0, 0.05) is 16.7 Å². The van der Waals surface area contributed by atoms with E-state index in [1.165, 1.54) is 11.8 Å². The maximum Gasteiger partial charge on any atom is 0.374 e. The van der Waals surface area contributed by atoms with Crippen LogP contribution in [0.15, 0.2) is 28.7 Å². The monoisotopic (exact) mass is 322 g/mol. The highest BCUT2D eigenvalue weighted by molar-refractivity contribution is 7.99. The van der Waals surface area contributed by atoms with Crippen LogP contribution in [-0.4, -0.2) is 30.9 Å². The Morgan fingerprint density at radius 3 is 2.59 bits per heavy atom. The molecule has 1 aromatic heterocycles. The topological polar surface area (TPSA) is 65.7 Å². The van der Waals surface area contributed by atoms with Crippen LogP contribution in [0, 0.1) is 0 Å². The summed E-state index contributed by atoms with van der Waals surface area (Å²) in [5, 5.41) is 0.863. The van der Waals surface area contributed by atoms with Gasteiger partial charge in [-0.05, 0) is 19.9 Å². The van der Waals surface area contributed by atoms with Crippen molar-refractivity contribution in [2.24, 2.45) is 0 Å². The number of carbonyl (C=O) groups excluding carboxylic acids is 2. The molecule has 0 aliphatic carbocycles. The number of thioether (sulfide) groups is 1. The van der Waals surface area contributed by atoms with E-state index >= 15 is 0 Å². The molecule has 1 heterocycles. The molecule has 2 rings (SSSR count). The fourth-order valence-electron chi connectivity index (χ4n) is 2.04. The molecule has 0 saturated carbocycles. The predicted molar refractivity (Wildman–Crippen MR) is 85.0 cm³/mol. The van der Waals surface area contributed by atoms with Crippen LogP contribution in [0.3, 0.4) is 0 Å². The van der Waals surface area contributed by atoms with Crippen molar-refractivity contribution in [2.45, 2.75) is 19.6 Å². The summed E-state index contributed by atoms with van der Waals surface area (Å²) in [6, 6.07) is 7.42. The van der Waals surface area contributed by atoms with Crippen LogP contribution in [0.4, 0.5) is 0 Å². The zero-order valence-electron chi connectivity index (χ0n) is 12.6.